The van der Waals surface area contributed by atoms with Crippen LogP contribution < -0.4 is 10.3 Å². The summed E-state index contributed by atoms with van der Waals surface area (Å²) >= 11 is 0. The van der Waals surface area contributed by atoms with Crippen molar-refractivity contribution < 1.29 is 4.74 Å². The molecule has 1 aliphatic rings. The number of para-hydroxylation sites is 1. The molecule has 0 atom stereocenters. The van der Waals surface area contributed by atoms with E-state index in [1.165, 1.54) is 0 Å². The lowest BCUT2D eigenvalue weighted by Crippen LogP contribution is -2.30. The van der Waals surface area contributed by atoms with Crippen LogP contribution in [0.4, 0.5) is 0 Å². The standard InChI is InChI=1S/C27H23NO2/c1-18(2)28-26(20-13-7-4-8-14-20)24(19-11-5-3-6-12-19)25-21-15-9-10-16-23(21)30-17-22(25)27(28)29/h3-16,18H,17H2,1-2H3. The van der Waals surface area contributed by atoms with Crippen LogP contribution in [0.15, 0.2) is 89.7 Å². The molecule has 1 aromatic heterocycles. The van der Waals surface area contributed by atoms with Crippen LogP contribution in [0.5, 0.6) is 5.75 Å². The smallest absolute Gasteiger partial charge is 0.258 e. The van der Waals surface area contributed by atoms with E-state index in [0.717, 1.165) is 44.8 Å². The minimum Gasteiger partial charge on any atom is -0.488 e. The molecule has 0 amide bonds. The quantitative estimate of drug-likeness (QED) is 0.408. The van der Waals surface area contributed by atoms with E-state index in [-0.39, 0.29) is 18.2 Å². The third kappa shape index (κ3) is 2.86. The molecule has 0 N–H and O–H groups in total. The van der Waals surface area contributed by atoms with Gasteiger partial charge in [0.25, 0.3) is 5.56 Å². The van der Waals surface area contributed by atoms with Gasteiger partial charge in [0.15, 0.2) is 0 Å². The Kier molecular flexibility index (Phi) is 4.51. The highest BCUT2D eigenvalue weighted by Crippen LogP contribution is 2.46. The van der Waals surface area contributed by atoms with Gasteiger partial charge in [-0.25, -0.2) is 0 Å². The first-order valence-corrected chi connectivity index (χ1v) is 10.3. The summed E-state index contributed by atoms with van der Waals surface area (Å²) in [5.74, 6) is 0.822. The average molecular weight is 393 g/mol. The van der Waals surface area contributed by atoms with Gasteiger partial charge in [0.05, 0.1) is 11.3 Å². The summed E-state index contributed by atoms with van der Waals surface area (Å²) in [6.45, 7) is 4.41. The molecule has 0 spiro atoms. The van der Waals surface area contributed by atoms with Gasteiger partial charge in [-0.2, -0.15) is 0 Å². The molecule has 4 aromatic rings. The third-order valence-electron chi connectivity index (χ3n) is 5.66. The van der Waals surface area contributed by atoms with Crippen molar-refractivity contribution in [1.82, 2.24) is 4.57 Å². The Hall–Kier alpha value is -3.59. The molecule has 3 nitrogen and oxygen atoms in total. The molecule has 0 bridgehead atoms. The van der Waals surface area contributed by atoms with E-state index in [1.807, 2.05) is 65.2 Å². The van der Waals surface area contributed by atoms with Crippen LogP contribution >= 0.6 is 0 Å². The van der Waals surface area contributed by atoms with Gasteiger partial charge in [0.2, 0.25) is 0 Å². The molecule has 0 aliphatic carbocycles. The predicted octanol–water partition coefficient (Wildman–Crippen LogP) is 6.32. The first-order valence-electron chi connectivity index (χ1n) is 10.3. The summed E-state index contributed by atoms with van der Waals surface area (Å²) < 4.78 is 7.91. The largest absolute Gasteiger partial charge is 0.488 e. The Morgan fingerprint density at radius 2 is 1.37 bits per heavy atom. The van der Waals surface area contributed by atoms with Crippen LogP contribution in [0, 0.1) is 0 Å². The topological polar surface area (TPSA) is 31.2 Å². The number of pyridine rings is 1. The van der Waals surface area contributed by atoms with Crippen molar-refractivity contribution >= 4 is 0 Å². The maximum absolute atomic E-state index is 13.7. The summed E-state index contributed by atoms with van der Waals surface area (Å²) in [7, 11) is 0. The van der Waals surface area contributed by atoms with E-state index in [1.54, 1.807) is 0 Å². The van der Waals surface area contributed by atoms with Crippen molar-refractivity contribution in [3.05, 3.63) is 101 Å². The first kappa shape index (κ1) is 18.4. The molecule has 1 aliphatic heterocycles. The van der Waals surface area contributed by atoms with Crippen LogP contribution in [0.25, 0.3) is 33.5 Å². The van der Waals surface area contributed by atoms with Gasteiger partial charge in [0, 0.05) is 22.7 Å². The lowest BCUT2D eigenvalue weighted by Gasteiger charge is -2.29. The van der Waals surface area contributed by atoms with E-state index < -0.39 is 0 Å². The Morgan fingerprint density at radius 3 is 2.03 bits per heavy atom. The Bertz CT molecular complexity index is 1270. The second-order valence-corrected chi connectivity index (χ2v) is 7.86. The zero-order valence-corrected chi connectivity index (χ0v) is 17.1. The summed E-state index contributed by atoms with van der Waals surface area (Å²) in [5.41, 5.74) is 6.88. The Labute approximate surface area is 176 Å². The molecule has 2 heterocycles. The van der Waals surface area contributed by atoms with Crippen LogP contribution in [0.3, 0.4) is 0 Å². The zero-order valence-electron chi connectivity index (χ0n) is 17.1. The summed E-state index contributed by atoms with van der Waals surface area (Å²) in [6, 6.07) is 28.6. The predicted molar refractivity (Wildman–Crippen MR) is 122 cm³/mol. The van der Waals surface area contributed by atoms with Crippen molar-refractivity contribution in [1.29, 1.82) is 0 Å². The lowest BCUT2D eigenvalue weighted by atomic mass is 9.86. The van der Waals surface area contributed by atoms with Gasteiger partial charge < -0.3 is 9.30 Å². The number of hydrogen-bond acceptors (Lipinski definition) is 2. The van der Waals surface area contributed by atoms with Crippen LogP contribution in [0.1, 0.15) is 25.5 Å². The number of ether oxygens (including phenoxy) is 1. The van der Waals surface area contributed by atoms with Gasteiger partial charge in [-0.15, -0.1) is 0 Å². The number of fused-ring (bicyclic) bond motifs is 3. The van der Waals surface area contributed by atoms with Crippen molar-refractivity contribution in [3.8, 4) is 39.3 Å². The van der Waals surface area contributed by atoms with Crippen LogP contribution in [-0.2, 0) is 6.61 Å². The molecule has 148 valence electrons. The molecule has 5 rings (SSSR count). The number of rotatable bonds is 3. The molecule has 3 heteroatoms. The molecule has 0 saturated heterocycles. The molecular formula is C27H23NO2. The second-order valence-electron chi connectivity index (χ2n) is 7.86. The number of nitrogens with zero attached hydrogens (tertiary/aromatic N) is 1. The highest BCUT2D eigenvalue weighted by molar-refractivity contribution is 5.96. The van der Waals surface area contributed by atoms with Crippen molar-refractivity contribution in [2.75, 3.05) is 0 Å². The fourth-order valence-electron chi connectivity index (χ4n) is 4.38. The number of aromatic nitrogens is 1. The van der Waals surface area contributed by atoms with Gasteiger partial charge in [-0.1, -0.05) is 78.9 Å². The fraction of sp³-hybridized carbons (Fsp3) is 0.148. The fourth-order valence-corrected chi connectivity index (χ4v) is 4.38. The minimum absolute atomic E-state index is 0.0117. The van der Waals surface area contributed by atoms with E-state index in [0.29, 0.717) is 0 Å². The maximum Gasteiger partial charge on any atom is 0.258 e. The highest BCUT2D eigenvalue weighted by atomic mass is 16.5. The molecule has 30 heavy (non-hydrogen) atoms. The van der Waals surface area contributed by atoms with Crippen molar-refractivity contribution in [2.24, 2.45) is 0 Å². The molecule has 3 aromatic carbocycles. The molecule has 0 fully saturated rings. The Balaban J connectivity index is 2.01. The Morgan fingerprint density at radius 1 is 0.767 bits per heavy atom. The molecular weight excluding hydrogens is 370 g/mol. The zero-order chi connectivity index (χ0) is 20.7. The van der Waals surface area contributed by atoms with Crippen molar-refractivity contribution in [3.63, 3.8) is 0 Å². The highest BCUT2D eigenvalue weighted by Gasteiger charge is 2.29. The third-order valence-corrected chi connectivity index (χ3v) is 5.66. The van der Waals surface area contributed by atoms with Gasteiger partial charge in [-0.05, 0) is 31.0 Å². The number of benzene rings is 3. The van der Waals surface area contributed by atoms with Crippen LogP contribution in [0.2, 0.25) is 0 Å². The minimum atomic E-state index is 0.0117. The van der Waals surface area contributed by atoms with Crippen molar-refractivity contribution in [2.45, 2.75) is 26.5 Å². The normalized spacial score (nSPS) is 12.2. The number of hydrogen-bond donors (Lipinski definition) is 0. The first-order chi connectivity index (χ1) is 14.7. The van der Waals surface area contributed by atoms with Gasteiger partial charge in [-0.3, -0.25) is 4.79 Å². The SMILES string of the molecule is CC(C)n1c(-c2ccccc2)c(-c2ccccc2)c2c(c1=O)COc1ccccc1-2. The van der Waals surface area contributed by atoms with Gasteiger partial charge >= 0.3 is 0 Å². The van der Waals surface area contributed by atoms with E-state index >= 15 is 0 Å². The van der Waals surface area contributed by atoms with Gasteiger partial charge in [0.1, 0.15) is 12.4 Å². The van der Waals surface area contributed by atoms with E-state index in [4.69, 9.17) is 4.74 Å². The maximum atomic E-state index is 13.7. The average Bonchev–Trinajstić information content (AvgIpc) is 2.79. The van der Waals surface area contributed by atoms with E-state index in [2.05, 4.69) is 38.1 Å². The molecule has 0 unspecified atom stereocenters. The van der Waals surface area contributed by atoms with E-state index in [9.17, 15) is 4.79 Å². The monoisotopic (exact) mass is 393 g/mol. The lowest BCUT2D eigenvalue weighted by molar-refractivity contribution is 0.299. The molecule has 0 saturated carbocycles. The summed E-state index contributed by atoms with van der Waals surface area (Å²) in [5, 5.41) is 0. The van der Waals surface area contributed by atoms with Crippen LogP contribution in [-0.4, -0.2) is 4.57 Å². The summed E-state index contributed by atoms with van der Waals surface area (Å²) in [4.78, 5) is 13.7. The second kappa shape index (κ2) is 7.34. The molecule has 0 radical (unpaired) electrons. The summed E-state index contributed by atoms with van der Waals surface area (Å²) in [6.07, 6.45) is 0.